The molecule has 7 nitrogen and oxygen atoms in total. The number of hydrogen-bond donors (Lipinski definition) is 2. The van der Waals surface area contributed by atoms with Gasteiger partial charge >= 0.3 is 6.03 Å². The number of piperidine rings is 3. The Balaban J connectivity index is 1.57. The van der Waals surface area contributed by atoms with Gasteiger partial charge in [0.1, 0.15) is 5.82 Å². The van der Waals surface area contributed by atoms with Crippen molar-refractivity contribution in [2.75, 3.05) is 19.6 Å². The van der Waals surface area contributed by atoms with E-state index in [0.29, 0.717) is 25.9 Å². The molecule has 3 N–H and O–H groups in total. The number of halogens is 1. The summed E-state index contributed by atoms with van der Waals surface area (Å²) in [4.78, 5) is 40.2. The first-order chi connectivity index (χ1) is 13.9. The standard InChI is InChI=1S/C21H27FN4O3/c22-16-4-1-3-13(7-16)8-18-15-9-14(17-5-2-6-19(27)26(17)18)11-25(12-15)20(28)10-24-21(23)29/h1,3-4,7,14-15,17-18H,2,5-6,8-12H2,(H3,23,24,29)/t14-,15+,17+,18+/m1/s1. The predicted molar refractivity (Wildman–Crippen MR) is 104 cm³/mol. The van der Waals surface area contributed by atoms with Crippen molar-refractivity contribution in [2.45, 2.75) is 44.2 Å². The lowest BCUT2D eigenvalue weighted by atomic mass is 9.70. The molecule has 1 aromatic carbocycles. The Hall–Kier alpha value is -2.64. The van der Waals surface area contributed by atoms with Crippen LogP contribution in [0.15, 0.2) is 24.3 Å². The molecular weight excluding hydrogens is 375 g/mol. The SMILES string of the molecule is NC(=O)NCC(=O)N1C[C@H]2C[C@@H](C1)[C@H](Cc1cccc(F)c1)N1C(=O)CCC[C@@H]21. The van der Waals surface area contributed by atoms with Gasteiger partial charge in [-0.2, -0.15) is 0 Å². The van der Waals surface area contributed by atoms with Gasteiger partial charge in [0.05, 0.1) is 6.54 Å². The Morgan fingerprint density at radius 3 is 2.79 bits per heavy atom. The van der Waals surface area contributed by atoms with E-state index in [-0.39, 0.29) is 48.1 Å². The van der Waals surface area contributed by atoms with Crippen LogP contribution in [-0.2, 0) is 16.0 Å². The fourth-order valence-corrected chi connectivity index (χ4v) is 5.42. The molecule has 0 spiro atoms. The van der Waals surface area contributed by atoms with Gasteiger partial charge in [-0.3, -0.25) is 9.59 Å². The zero-order chi connectivity index (χ0) is 20.5. The van der Waals surface area contributed by atoms with Crippen LogP contribution in [0.3, 0.4) is 0 Å². The van der Waals surface area contributed by atoms with Gasteiger partial charge in [-0.25, -0.2) is 9.18 Å². The average Bonchev–Trinajstić information content (AvgIpc) is 2.69. The maximum Gasteiger partial charge on any atom is 0.312 e. The number of amides is 4. The zero-order valence-electron chi connectivity index (χ0n) is 16.4. The van der Waals surface area contributed by atoms with Crippen molar-refractivity contribution in [3.05, 3.63) is 35.6 Å². The van der Waals surface area contributed by atoms with E-state index in [0.717, 1.165) is 24.8 Å². The summed E-state index contributed by atoms with van der Waals surface area (Å²) < 4.78 is 13.7. The molecule has 3 aliphatic heterocycles. The van der Waals surface area contributed by atoms with Crippen LogP contribution in [0.1, 0.15) is 31.2 Å². The van der Waals surface area contributed by atoms with E-state index in [1.807, 2.05) is 6.07 Å². The summed E-state index contributed by atoms with van der Waals surface area (Å²) in [6, 6.07) is 5.87. The molecule has 0 aliphatic carbocycles. The molecule has 3 saturated heterocycles. The van der Waals surface area contributed by atoms with Gasteiger partial charge in [0, 0.05) is 31.6 Å². The highest BCUT2D eigenvalue weighted by Crippen LogP contribution is 2.42. The molecule has 4 atom stereocenters. The number of nitrogens with zero attached hydrogens (tertiary/aromatic N) is 2. The van der Waals surface area contributed by atoms with Gasteiger partial charge < -0.3 is 20.9 Å². The molecule has 3 heterocycles. The van der Waals surface area contributed by atoms with Gasteiger partial charge in [-0.1, -0.05) is 12.1 Å². The lowest BCUT2D eigenvalue weighted by Gasteiger charge is -2.56. The second-order valence-corrected chi connectivity index (χ2v) is 8.43. The van der Waals surface area contributed by atoms with E-state index in [9.17, 15) is 18.8 Å². The number of primary amides is 1. The van der Waals surface area contributed by atoms with E-state index in [2.05, 4.69) is 10.2 Å². The number of fused-ring (bicyclic) bond motifs is 4. The van der Waals surface area contributed by atoms with E-state index in [4.69, 9.17) is 5.73 Å². The van der Waals surface area contributed by atoms with Crippen molar-refractivity contribution < 1.29 is 18.8 Å². The molecule has 0 aromatic heterocycles. The van der Waals surface area contributed by atoms with E-state index in [1.165, 1.54) is 12.1 Å². The number of hydrogen-bond acceptors (Lipinski definition) is 3. The first-order valence-corrected chi connectivity index (χ1v) is 10.3. The molecule has 0 radical (unpaired) electrons. The summed E-state index contributed by atoms with van der Waals surface area (Å²) in [7, 11) is 0. The minimum atomic E-state index is -0.719. The molecular formula is C21H27FN4O3. The Morgan fingerprint density at radius 1 is 1.24 bits per heavy atom. The predicted octanol–water partition coefficient (Wildman–Crippen LogP) is 1.26. The topological polar surface area (TPSA) is 95.7 Å². The molecule has 3 aliphatic rings. The quantitative estimate of drug-likeness (QED) is 0.794. The maximum atomic E-state index is 13.7. The zero-order valence-corrected chi connectivity index (χ0v) is 16.4. The van der Waals surface area contributed by atoms with E-state index in [1.54, 1.807) is 11.0 Å². The molecule has 29 heavy (non-hydrogen) atoms. The third-order valence-corrected chi connectivity index (χ3v) is 6.60. The number of rotatable bonds is 4. The van der Waals surface area contributed by atoms with Crippen LogP contribution >= 0.6 is 0 Å². The Labute approximate surface area is 169 Å². The van der Waals surface area contributed by atoms with E-state index < -0.39 is 6.03 Å². The highest BCUT2D eigenvalue weighted by Gasteiger charge is 2.49. The van der Waals surface area contributed by atoms with Crippen LogP contribution in [0, 0.1) is 17.7 Å². The number of carbonyl (C=O) groups excluding carboxylic acids is 3. The fourth-order valence-electron chi connectivity index (χ4n) is 5.42. The summed E-state index contributed by atoms with van der Waals surface area (Å²) in [5.74, 6) is 0.105. The largest absolute Gasteiger partial charge is 0.352 e. The van der Waals surface area contributed by atoms with Crippen molar-refractivity contribution in [1.29, 1.82) is 0 Å². The third kappa shape index (κ3) is 4.06. The molecule has 3 fully saturated rings. The average molecular weight is 402 g/mol. The van der Waals surface area contributed by atoms with Gasteiger partial charge in [-0.05, 0) is 55.2 Å². The fraction of sp³-hybridized carbons (Fsp3) is 0.571. The van der Waals surface area contributed by atoms with Crippen molar-refractivity contribution in [1.82, 2.24) is 15.1 Å². The number of benzene rings is 1. The van der Waals surface area contributed by atoms with Crippen LogP contribution in [-0.4, -0.2) is 59.4 Å². The van der Waals surface area contributed by atoms with Crippen molar-refractivity contribution in [2.24, 2.45) is 17.6 Å². The highest BCUT2D eigenvalue weighted by atomic mass is 19.1. The maximum absolute atomic E-state index is 13.7. The molecule has 1 aromatic rings. The second kappa shape index (κ2) is 8.00. The molecule has 8 heteroatoms. The monoisotopic (exact) mass is 402 g/mol. The van der Waals surface area contributed by atoms with Crippen molar-refractivity contribution in [3.63, 3.8) is 0 Å². The van der Waals surface area contributed by atoms with Crippen LogP contribution < -0.4 is 11.1 Å². The molecule has 0 saturated carbocycles. The molecule has 0 unspecified atom stereocenters. The first kappa shape index (κ1) is 19.7. The summed E-state index contributed by atoms with van der Waals surface area (Å²) >= 11 is 0. The van der Waals surface area contributed by atoms with Gasteiger partial charge in [0.15, 0.2) is 0 Å². The van der Waals surface area contributed by atoms with Crippen LogP contribution in [0.4, 0.5) is 9.18 Å². The van der Waals surface area contributed by atoms with Gasteiger partial charge in [-0.15, -0.1) is 0 Å². The number of nitrogens with one attached hydrogen (secondary N) is 1. The number of carbonyl (C=O) groups is 3. The second-order valence-electron chi connectivity index (χ2n) is 8.43. The summed E-state index contributed by atoms with van der Waals surface area (Å²) in [6.45, 7) is 1.01. The lowest BCUT2D eigenvalue weighted by molar-refractivity contribution is -0.155. The van der Waals surface area contributed by atoms with Crippen molar-refractivity contribution >= 4 is 17.8 Å². The Kier molecular flexibility index (Phi) is 5.43. The number of urea groups is 1. The third-order valence-electron chi connectivity index (χ3n) is 6.60. The normalized spacial score (nSPS) is 28.7. The lowest BCUT2D eigenvalue weighted by Crippen LogP contribution is -2.66. The summed E-state index contributed by atoms with van der Waals surface area (Å²) in [5.41, 5.74) is 5.95. The highest BCUT2D eigenvalue weighted by molar-refractivity contribution is 5.83. The van der Waals surface area contributed by atoms with Crippen LogP contribution in [0.2, 0.25) is 0 Å². The number of nitrogens with two attached hydrogens (primary N) is 1. The first-order valence-electron chi connectivity index (χ1n) is 10.3. The van der Waals surface area contributed by atoms with Gasteiger partial charge in [0.25, 0.3) is 0 Å². The Bertz CT molecular complexity index is 817. The van der Waals surface area contributed by atoms with Gasteiger partial charge in [0.2, 0.25) is 11.8 Å². The van der Waals surface area contributed by atoms with Crippen molar-refractivity contribution in [3.8, 4) is 0 Å². The molecule has 156 valence electrons. The minimum Gasteiger partial charge on any atom is -0.352 e. The van der Waals surface area contributed by atoms with Crippen LogP contribution in [0.5, 0.6) is 0 Å². The molecule has 4 rings (SSSR count). The Morgan fingerprint density at radius 2 is 2.03 bits per heavy atom. The molecule has 2 bridgehead atoms. The smallest absolute Gasteiger partial charge is 0.312 e. The van der Waals surface area contributed by atoms with E-state index >= 15 is 0 Å². The summed E-state index contributed by atoms with van der Waals surface area (Å²) in [5, 5.41) is 2.37. The molecule has 4 amide bonds. The minimum absolute atomic E-state index is 0.0504. The van der Waals surface area contributed by atoms with Crippen LogP contribution in [0.25, 0.3) is 0 Å². The number of likely N-dealkylation sites (tertiary alicyclic amines) is 1. The summed E-state index contributed by atoms with van der Waals surface area (Å²) in [6.07, 6.45) is 3.90.